The Labute approximate surface area is 118 Å². The van der Waals surface area contributed by atoms with Crippen LogP contribution in [0.25, 0.3) is 0 Å². The van der Waals surface area contributed by atoms with Gasteiger partial charge in [0.25, 0.3) is 0 Å². The molecule has 0 aliphatic heterocycles. The maximum atomic E-state index is 10.4. The van der Waals surface area contributed by atoms with Crippen molar-refractivity contribution in [3.8, 4) is 0 Å². The molecule has 0 spiro atoms. The third kappa shape index (κ3) is 2.82. The topological polar surface area (TPSA) is 38.1 Å². The standard InChI is InChI=1S/C15H19ClN2O/c1-9-5-6-12(13(16)7-9)8-14(19)15-10(2)17-18(4)11(15)3/h5-7,14,19H,8H2,1-4H3. The highest BCUT2D eigenvalue weighted by molar-refractivity contribution is 6.31. The average molecular weight is 279 g/mol. The second-order valence-electron chi connectivity index (χ2n) is 5.02. The van der Waals surface area contributed by atoms with Crippen LogP contribution in [0.15, 0.2) is 18.2 Å². The van der Waals surface area contributed by atoms with Crippen molar-refractivity contribution in [2.75, 3.05) is 0 Å². The summed E-state index contributed by atoms with van der Waals surface area (Å²) < 4.78 is 1.80. The summed E-state index contributed by atoms with van der Waals surface area (Å²) in [5.41, 5.74) is 4.85. The van der Waals surface area contributed by atoms with Crippen LogP contribution in [0.5, 0.6) is 0 Å². The molecule has 0 bridgehead atoms. The van der Waals surface area contributed by atoms with E-state index in [0.717, 1.165) is 28.1 Å². The van der Waals surface area contributed by atoms with E-state index in [1.807, 2.05) is 46.0 Å². The highest BCUT2D eigenvalue weighted by atomic mass is 35.5. The van der Waals surface area contributed by atoms with E-state index >= 15 is 0 Å². The Hall–Kier alpha value is -1.32. The van der Waals surface area contributed by atoms with Crippen molar-refractivity contribution in [1.82, 2.24) is 9.78 Å². The summed E-state index contributed by atoms with van der Waals surface area (Å²) in [5.74, 6) is 0. The number of aliphatic hydroxyl groups excluding tert-OH is 1. The fourth-order valence-corrected chi connectivity index (χ4v) is 2.71. The van der Waals surface area contributed by atoms with Gasteiger partial charge in [0.1, 0.15) is 0 Å². The highest BCUT2D eigenvalue weighted by Gasteiger charge is 2.19. The summed E-state index contributed by atoms with van der Waals surface area (Å²) >= 11 is 6.21. The number of hydrogen-bond donors (Lipinski definition) is 1. The smallest absolute Gasteiger partial charge is 0.0866 e. The van der Waals surface area contributed by atoms with Gasteiger partial charge in [-0.1, -0.05) is 23.7 Å². The Kier molecular flexibility index (Phi) is 3.97. The Morgan fingerprint density at radius 1 is 1.32 bits per heavy atom. The minimum Gasteiger partial charge on any atom is -0.388 e. The van der Waals surface area contributed by atoms with Crippen LogP contribution >= 0.6 is 11.6 Å². The number of aliphatic hydroxyl groups is 1. The van der Waals surface area contributed by atoms with Crippen LogP contribution in [0, 0.1) is 20.8 Å². The normalized spacial score (nSPS) is 12.7. The highest BCUT2D eigenvalue weighted by Crippen LogP contribution is 2.27. The quantitative estimate of drug-likeness (QED) is 0.936. The average Bonchev–Trinajstić information content (AvgIpc) is 2.57. The second kappa shape index (κ2) is 5.35. The fourth-order valence-electron chi connectivity index (χ4n) is 2.40. The van der Waals surface area contributed by atoms with Gasteiger partial charge in [-0.05, 0) is 38.0 Å². The third-order valence-electron chi connectivity index (χ3n) is 3.52. The Morgan fingerprint density at radius 2 is 2.00 bits per heavy atom. The molecule has 0 fully saturated rings. The molecule has 1 N–H and O–H groups in total. The molecule has 0 aliphatic carbocycles. The van der Waals surface area contributed by atoms with Gasteiger partial charge in [0.2, 0.25) is 0 Å². The van der Waals surface area contributed by atoms with Gasteiger partial charge in [-0.25, -0.2) is 0 Å². The predicted molar refractivity (Wildman–Crippen MR) is 77.5 cm³/mol. The first kappa shape index (κ1) is 14.1. The number of aryl methyl sites for hydroxylation is 3. The van der Waals surface area contributed by atoms with Gasteiger partial charge in [-0.3, -0.25) is 4.68 Å². The SMILES string of the molecule is Cc1ccc(CC(O)c2c(C)nn(C)c2C)c(Cl)c1. The minimum atomic E-state index is -0.575. The molecule has 1 atom stereocenters. The molecule has 102 valence electrons. The number of rotatable bonds is 3. The first-order valence-electron chi connectivity index (χ1n) is 6.33. The molecule has 0 aliphatic rings. The van der Waals surface area contributed by atoms with Crippen LogP contribution in [-0.4, -0.2) is 14.9 Å². The first-order valence-corrected chi connectivity index (χ1v) is 6.71. The van der Waals surface area contributed by atoms with Crippen molar-refractivity contribution in [2.45, 2.75) is 33.3 Å². The van der Waals surface area contributed by atoms with Crippen LogP contribution in [0.4, 0.5) is 0 Å². The van der Waals surface area contributed by atoms with E-state index in [-0.39, 0.29) is 0 Å². The molecule has 0 amide bonds. The van der Waals surface area contributed by atoms with Crippen molar-refractivity contribution in [2.24, 2.45) is 7.05 Å². The molecular weight excluding hydrogens is 260 g/mol. The molecule has 4 heteroatoms. The third-order valence-corrected chi connectivity index (χ3v) is 3.87. The van der Waals surface area contributed by atoms with Crippen LogP contribution in [-0.2, 0) is 13.5 Å². The zero-order valence-corrected chi connectivity index (χ0v) is 12.5. The Bertz CT molecular complexity index is 604. The molecule has 1 heterocycles. The molecule has 1 aromatic heterocycles. The molecule has 1 aromatic carbocycles. The number of hydrogen-bond acceptors (Lipinski definition) is 2. The van der Waals surface area contributed by atoms with Crippen LogP contribution in [0.2, 0.25) is 5.02 Å². The van der Waals surface area contributed by atoms with Crippen molar-refractivity contribution in [1.29, 1.82) is 0 Å². The molecule has 3 nitrogen and oxygen atoms in total. The van der Waals surface area contributed by atoms with Gasteiger partial charge >= 0.3 is 0 Å². The van der Waals surface area contributed by atoms with E-state index in [2.05, 4.69) is 5.10 Å². The van der Waals surface area contributed by atoms with E-state index < -0.39 is 6.10 Å². The van der Waals surface area contributed by atoms with Gasteiger partial charge < -0.3 is 5.11 Å². The van der Waals surface area contributed by atoms with Gasteiger partial charge in [0.05, 0.1) is 11.8 Å². The zero-order valence-electron chi connectivity index (χ0n) is 11.7. The number of benzene rings is 1. The van der Waals surface area contributed by atoms with Crippen molar-refractivity contribution in [3.05, 3.63) is 51.3 Å². The van der Waals surface area contributed by atoms with Gasteiger partial charge in [0, 0.05) is 29.7 Å². The lowest BCUT2D eigenvalue weighted by molar-refractivity contribution is 0.177. The number of nitrogens with zero attached hydrogens (tertiary/aromatic N) is 2. The Morgan fingerprint density at radius 3 is 2.53 bits per heavy atom. The number of aromatic nitrogens is 2. The summed E-state index contributed by atoms with van der Waals surface area (Å²) in [4.78, 5) is 0. The van der Waals surface area contributed by atoms with E-state index in [9.17, 15) is 5.11 Å². The van der Waals surface area contributed by atoms with Crippen molar-refractivity contribution < 1.29 is 5.11 Å². The molecule has 2 aromatic rings. The van der Waals surface area contributed by atoms with Gasteiger partial charge in [0.15, 0.2) is 0 Å². The summed E-state index contributed by atoms with van der Waals surface area (Å²) in [6.07, 6.45) is -0.0687. The summed E-state index contributed by atoms with van der Waals surface area (Å²) in [6.45, 7) is 5.89. The second-order valence-corrected chi connectivity index (χ2v) is 5.43. The maximum absolute atomic E-state index is 10.4. The summed E-state index contributed by atoms with van der Waals surface area (Å²) in [6, 6.07) is 5.91. The van der Waals surface area contributed by atoms with E-state index in [1.54, 1.807) is 4.68 Å². The van der Waals surface area contributed by atoms with Gasteiger partial charge in [-0.2, -0.15) is 5.10 Å². The minimum absolute atomic E-state index is 0.506. The monoisotopic (exact) mass is 278 g/mol. The summed E-state index contributed by atoms with van der Waals surface area (Å²) in [7, 11) is 1.89. The molecule has 19 heavy (non-hydrogen) atoms. The molecule has 0 saturated carbocycles. The van der Waals surface area contributed by atoms with E-state index in [4.69, 9.17) is 11.6 Å². The zero-order chi connectivity index (χ0) is 14.2. The van der Waals surface area contributed by atoms with E-state index in [1.165, 1.54) is 0 Å². The molecule has 1 unspecified atom stereocenters. The number of halogens is 1. The summed E-state index contributed by atoms with van der Waals surface area (Å²) in [5, 5.41) is 15.5. The van der Waals surface area contributed by atoms with E-state index in [0.29, 0.717) is 11.4 Å². The molecule has 0 saturated heterocycles. The fraction of sp³-hybridized carbons (Fsp3) is 0.400. The lowest BCUT2D eigenvalue weighted by Gasteiger charge is -2.13. The van der Waals surface area contributed by atoms with Crippen molar-refractivity contribution >= 4 is 11.6 Å². The van der Waals surface area contributed by atoms with Crippen LogP contribution in [0.1, 0.15) is 34.2 Å². The Balaban J connectivity index is 2.28. The predicted octanol–water partition coefficient (Wildman–Crippen LogP) is 3.27. The lowest BCUT2D eigenvalue weighted by atomic mass is 9.99. The van der Waals surface area contributed by atoms with Crippen molar-refractivity contribution in [3.63, 3.8) is 0 Å². The van der Waals surface area contributed by atoms with Crippen LogP contribution in [0.3, 0.4) is 0 Å². The first-order chi connectivity index (χ1) is 8.90. The largest absolute Gasteiger partial charge is 0.388 e. The molecular formula is C15H19ClN2O. The van der Waals surface area contributed by atoms with Crippen LogP contribution < -0.4 is 0 Å². The molecule has 0 radical (unpaired) electrons. The van der Waals surface area contributed by atoms with Gasteiger partial charge in [-0.15, -0.1) is 0 Å². The maximum Gasteiger partial charge on any atom is 0.0866 e. The lowest BCUT2D eigenvalue weighted by Crippen LogP contribution is -2.05. The molecule has 2 rings (SSSR count).